The normalized spacial score (nSPS) is 12.8. The van der Waals surface area contributed by atoms with Crippen LogP contribution in [0.5, 0.6) is 0 Å². The minimum atomic E-state index is -4.96. The van der Waals surface area contributed by atoms with Crippen molar-refractivity contribution < 1.29 is 25.9 Å². The number of fused-ring (bicyclic) bond motifs is 3. The highest BCUT2D eigenvalue weighted by atomic mass is 35.5. The molecule has 2 N–H and O–H groups in total. The number of benzene rings is 3. The summed E-state index contributed by atoms with van der Waals surface area (Å²) in [6.45, 7) is 0. The van der Waals surface area contributed by atoms with E-state index in [0.29, 0.717) is 10.8 Å². The Labute approximate surface area is 136 Å². The van der Waals surface area contributed by atoms with E-state index in [4.69, 9.17) is 11.6 Å². The average Bonchev–Trinajstić information content (AvgIpc) is 2.43. The average molecular weight is 373 g/mol. The number of hydrogen-bond acceptors (Lipinski definition) is 4. The smallest absolute Gasteiger partial charge is 0.282 e. The van der Waals surface area contributed by atoms with Gasteiger partial charge in [-0.15, -0.1) is 0 Å². The molecule has 9 heteroatoms. The van der Waals surface area contributed by atoms with E-state index in [-0.39, 0.29) is 5.39 Å². The molecule has 0 bridgehead atoms. The van der Waals surface area contributed by atoms with Crippen molar-refractivity contribution in [1.29, 1.82) is 0 Å². The summed E-state index contributed by atoms with van der Waals surface area (Å²) in [7, 11) is -9.92. The van der Waals surface area contributed by atoms with Crippen molar-refractivity contribution in [3.63, 3.8) is 0 Å². The monoisotopic (exact) mass is 372 g/mol. The van der Waals surface area contributed by atoms with Crippen LogP contribution in [0.25, 0.3) is 21.5 Å². The first kappa shape index (κ1) is 16.2. The predicted molar refractivity (Wildman–Crippen MR) is 86.1 cm³/mol. The number of halogens is 1. The predicted octanol–water partition coefficient (Wildman–Crippen LogP) is 3.14. The molecule has 0 unspecified atom stereocenters. The fourth-order valence-electron chi connectivity index (χ4n) is 2.57. The lowest BCUT2D eigenvalue weighted by atomic mass is 10.0. The Hall–Kier alpha value is -1.71. The largest absolute Gasteiger partial charge is 0.297 e. The maximum atomic E-state index is 11.7. The van der Waals surface area contributed by atoms with Crippen LogP contribution in [0.4, 0.5) is 0 Å². The van der Waals surface area contributed by atoms with Crippen molar-refractivity contribution in [1.82, 2.24) is 0 Å². The van der Waals surface area contributed by atoms with Crippen molar-refractivity contribution in [2.45, 2.75) is 9.79 Å². The third-order valence-electron chi connectivity index (χ3n) is 3.43. The Morgan fingerprint density at radius 2 is 1.35 bits per heavy atom. The summed E-state index contributed by atoms with van der Waals surface area (Å²) in [6.07, 6.45) is 0. The van der Waals surface area contributed by atoms with Crippen LogP contribution in [0.2, 0.25) is 5.02 Å². The second kappa shape index (κ2) is 5.15. The fraction of sp³-hybridized carbons (Fsp3) is 0. The lowest BCUT2D eigenvalue weighted by molar-refractivity contribution is 0.468. The molecule has 120 valence electrons. The Bertz CT molecular complexity index is 1170. The van der Waals surface area contributed by atoms with Crippen LogP contribution in [0.15, 0.2) is 52.3 Å². The van der Waals surface area contributed by atoms with E-state index in [9.17, 15) is 25.9 Å². The maximum Gasteiger partial charge on any atom is 0.297 e. The van der Waals surface area contributed by atoms with Crippen LogP contribution in [-0.4, -0.2) is 25.9 Å². The third-order valence-corrected chi connectivity index (χ3v) is 5.84. The molecule has 3 aromatic rings. The summed E-state index contributed by atoms with van der Waals surface area (Å²) < 4.78 is 65.3. The molecule has 23 heavy (non-hydrogen) atoms. The van der Waals surface area contributed by atoms with Crippen LogP contribution < -0.4 is 0 Å². The van der Waals surface area contributed by atoms with Crippen molar-refractivity contribution >= 4 is 53.4 Å². The second-order valence-corrected chi connectivity index (χ2v) is 7.97. The van der Waals surface area contributed by atoms with Gasteiger partial charge in [0.05, 0.1) is 5.02 Å². The van der Waals surface area contributed by atoms with Gasteiger partial charge in [-0.2, -0.15) is 16.8 Å². The van der Waals surface area contributed by atoms with E-state index in [1.54, 1.807) is 30.3 Å². The molecule has 0 fully saturated rings. The second-order valence-electron chi connectivity index (χ2n) is 4.85. The molecule has 0 aromatic heterocycles. The molecule has 0 amide bonds. The van der Waals surface area contributed by atoms with E-state index in [2.05, 4.69) is 0 Å². The standard InChI is InChI=1S/C14H9ClO6S2/c15-12-7-11-9-4-2-1-3-8(9)5-6-10(11)13(22(16,17)18)14(12)23(19,20)21/h1-7H,(H,16,17,18)(H,19,20,21). The molecule has 3 rings (SSSR count). The van der Waals surface area contributed by atoms with Gasteiger partial charge < -0.3 is 0 Å². The summed E-state index contributed by atoms with van der Waals surface area (Å²) in [5.74, 6) is 0. The molecule has 6 nitrogen and oxygen atoms in total. The highest BCUT2D eigenvalue weighted by molar-refractivity contribution is 7.89. The van der Waals surface area contributed by atoms with Gasteiger partial charge in [0, 0.05) is 5.39 Å². The van der Waals surface area contributed by atoms with Crippen molar-refractivity contribution in [3.05, 3.63) is 47.5 Å². The zero-order valence-electron chi connectivity index (χ0n) is 11.3. The van der Waals surface area contributed by atoms with E-state index in [1.807, 2.05) is 0 Å². The third kappa shape index (κ3) is 2.68. The number of hydrogen-bond donors (Lipinski definition) is 2. The first-order valence-corrected chi connectivity index (χ1v) is 9.45. The highest BCUT2D eigenvalue weighted by Crippen LogP contribution is 2.38. The molecule has 0 spiro atoms. The van der Waals surface area contributed by atoms with Crippen molar-refractivity contribution in [3.8, 4) is 0 Å². The highest BCUT2D eigenvalue weighted by Gasteiger charge is 2.30. The molecule has 0 saturated carbocycles. The lowest BCUT2D eigenvalue weighted by Gasteiger charge is -2.12. The molecule has 0 aliphatic rings. The molecular formula is C14H9ClO6S2. The first-order chi connectivity index (χ1) is 10.6. The van der Waals surface area contributed by atoms with Crippen LogP contribution in [0.1, 0.15) is 0 Å². The Morgan fingerprint density at radius 3 is 1.96 bits per heavy atom. The molecular weight excluding hydrogens is 364 g/mol. The van der Waals surface area contributed by atoms with Crippen LogP contribution in [0, 0.1) is 0 Å². The van der Waals surface area contributed by atoms with Crippen LogP contribution >= 0.6 is 11.6 Å². The Balaban J connectivity index is 2.69. The van der Waals surface area contributed by atoms with Gasteiger partial charge in [-0.1, -0.05) is 48.0 Å². The van der Waals surface area contributed by atoms with E-state index in [1.165, 1.54) is 12.1 Å². The van der Waals surface area contributed by atoms with Gasteiger partial charge in [0.1, 0.15) is 9.79 Å². The minimum Gasteiger partial charge on any atom is -0.282 e. The summed E-state index contributed by atoms with van der Waals surface area (Å²) in [6, 6.07) is 11.2. The van der Waals surface area contributed by atoms with Crippen molar-refractivity contribution in [2.24, 2.45) is 0 Å². The molecule has 0 aliphatic heterocycles. The summed E-state index contributed by atoms with van der Waals surface area (Å²) in [4.78, 5) is -1.97. The molecule has 0 heterocycles. The molecule has 0 saturated heterocycles. The summed E-state index contributed by atoms with van der Waals surface area (Å²) >= 11 is 5.88. The zero-order valence-corrected chi connectivity index (χ0v) is 13.7. The lowest BCUT2D eigenvalue weighted by Crippen LogP contribution is -2.10. The molecule has 0 atom stereocenters. The molecule has 0 radical (unpaired) electrons. The molecule has 3 aromatic carbocycles. The fourth-order valence-corrected chi connectivity index (χ4v) is 5.20. The van der Waals surface area contributed by atoms with E-state index < -0.39 is 35.0 Å². The summed E-state index contributed by atoms with van der Waals surface area (Å²) in [5.41, 5.74) is 0. The van der Waals surface area contributed by atoms with Gasteiger partial charge in [-0.25, -0.2) is 0 Å². The molecule has 0 aliphatic carbocycles. The van der Waals surface area contributed by atoms with Gasteiger partial charge in [0.15, 0.2) is 0 Å². The number of rotatable bonds is 2. The maximum absolute atomic E-state index is 11.7. The van der Waals surface area contributed by atoms with Gasteiger partial charge in [-0.3, -0.25) is 9.11 Å². The van der Waals surface area contributed by atoms with Crippen molar-refractivity contribution in [2.75, 3.05) is 0 Å². The first-order valence-electron chi connectivity index (χ1n) is 6.19. The zero-order chi connectivity index (χ0) is 17.0. The van der Waals surface area contributed by atoms with Crippen LogP contribution in [-0.2, 0) is 20.2 Å². The van der Waals surface area contributed by atoms with E-state index in [0.717, 1.165) is 5.39 Å². The SMILES string of the molecule is O=S(=O)(O)c1c(Cl)cc2c(ccc3ccccc32)c1S(=O)(=O)O. The quantitative estimate of drug-likeness (QED) is 0.528. The summed E-state index contributed by atoms with van der Waals surface area (Å²) in [5, 5.41) is 1.19. The Morgan fingerprint density at radius 1 is 0.739 bits per heavy atom. The topological polar surface area (TPSA) is 109 Å². The van der Waals surface area contributed by atoms with Gasteiger partial charge >= 0.3 is 0 Å². The minimum absolute atomic E-state index is 0.0526. The van der Waals surface area contributed by atoms with Gasteiger partial charge in [0.25, 0.3) is 20.2 Å². The Kier molecular flexibility index (Phi) is 3.62. The van der Waals surface area contributed by atoms with Gasteiger partial charge in [-0.05, 0) is 22.2 Å². The van der Waals surface area contributed by atoms with Gasteiger partial charge in [0.2, 0.25) is 0 Å². The van der Waals surface area contributed by atoms with E-state index >= 15 is 0 Å². The van der Waals surface area contributed by atoms with Crippen LogP contribution in [0.3, 0.4) is 0 Å².